The Morgan fingerprint density at radius 1 is 1.17 bits per heavy atom. The van der Waals surface area contributed by atoms with Gasteiger partial charge in [0.25, 0.3) is 5.91 Å². The van der Waals surface area contributed by atoms with Gasteiger partial charge in [-0.3, -0.25) is 9.59 Å². The number of H-pyrrole nitrogens is 1. The predicted molar refractivity (Wildman–Crippen MR) is 112 cm³/mol. The number of amides is 2. The van der Waals surface area contributed by atoms with Gasteiger partial charge in [0.1, 0.15) is 16.7 Å². The number of ether oxygens (including phenoxy) is 1. The average Bonchev–Trinajstić information content (AvgIpc) is 3.27. The van der Waals surface area contributed by atoms with Gasteiger partial charge >= 0.3 is 5.97 Å². The molecule has 0 saturated carbocycles. The number of anilines is 2. The average molecular weight is 430 g/mol. The molecule has 3 N–H and O–H groups in total. The third-order valence-electron chi connectivity index (χ3n) is 4.14. The summed E-state index contributed by atoms with van der Waals surface area (Å²) in [4.78, 5) is 52.3. The summed E-state index contributed by atoms with van der Waals surface area (Å²) in [7, 11) is 0. The van der Waals surface area contributed by atoms with Crippen molar-refractivity contribution in [2.75, 3.05) is 10.6 Å². The van der Waals surface area contributed by atoms with E-state index >= 15 is 0 Å². The largest absolute Gasteiger partial charge is 0.448 e. The topological polar surface area (TPSA) is 139 Å². The maximum atomic E-state index is 12.6. The lowest BCUT2D eigenvalue weighted by atomic mass is 9.96. The first-order valence-electron chi connectivity index (χ1n) is 9.14. The second-order valence-corrected chi connectivity index (χ2v) is 8.74. The van der Waals surface area contributed by atoms with Gasteiger partial charge in [-0.25, -0.2) is 19.7 Å². The number of hydrogen-bond donors (Lipinski definition) is 3. The van der Waals surface area contributed by atoms with Gasteiger partial charge in [0.05, 0.1) is 11.3 Å². The van der Waals surface area contributed by atoms with Crippen molar-refractivity contribution in [3.8, 4) is 0 Å². The highest BCUT2D eigenvalue weighted by atomic mass is 32.1. The van der Waals surface area contributed by atoms with Crippen molar-refractivity contribution in [3.05, 3.63) is 29.2 Å². The number of fused-ring (bicyclic) bond motifs is 1. The third kappa shape index (κ3) is 4.62. The fourth-order valence-electron chi connectivity index (χ4n) is 2.39. The predicted octanol–water partition coefficient (Wildman–Crippen LogP) is 2.89. The number of aryl methyl sites for hydroxylation is 1. The van der Waals surface area contributed by atoms with Crippen molar-refractivity contribution in [1.82, 2.24) is 19.9 Å². The van der Waals surface area contributed by atoms with Crippen molar-refractivity contribution >= 4 is 51.1 Å². The molecule has 0 bridgehead atoms. The molecular formula is C19H22N6O4S. The highest BCUT2D eigenvalue weighted by Gasteiger charge is 2.25. The Hall–Kier alpha value is -3.34. The molecule has 0 saturated heterocycles. The Labute approximate surface area is 176 Å². The van der Waals surface area contributed by atoms with Crippen molar-refractivity contribution in [3.63, 3.8) is 0 Å². The Bertz CT molecular complexity index is 1110. The van der Waals surface area contributed by atoms with E-state index in [0.29, 0.717) is 26.6 Å². The molecule has 0 aliphatic carbocycles. The van der Waals surface area contributed by atoms with E-state index in [0.717, 1.165) is 11.3 Å². The van der Waals surface area contributed by atoms with Crippen molar-refractivity contribution in [2.24, 2.45) is 5.41 Å². The minimum absolute atomic E-state index is 0.161. The number of rotatable bonds is 5. The van der Waals surface area contributed by atoms with Gasteiger partial charge in [-0.15, -0.1) is 11.3 Å². The molecule has 158 valence electrons. The van der Waals surface area contributed by atoms with Gasteiger partial charge in [0.2, 0.25) is 5.91 Å². The monoisotopic (exact) mass is 430 g/mol. The van der Waals surface area contributed by atoms with Crippen LogP contribution in [-0.4, -0.2) is 43.8 Å². The maximum absolute atomic E-state index is 12.6. The van der Waals surface area contributed by atoms with E-state index < -0.39 is 23.4 Å². The minimum Gasteiger partial charge on any atom is -0.448 e. The highest BCUT2D eigenvalue weighted by molar-refractivity contribution is 7.18. The van der Waals surface area contributed by atoms with Gasteiger partial charge in [-0.2, -0.15) is 0 Å². The Kier molecular flexibility index (Phi) is 5.83. The van der Waals surface area contributed by atoms with Gasteiger partial charge in [0, 0.05) is 5.41 Å². The Balaban J connectivity index is 1.66. The number of aromatic nitrogens is 4. The molecule has 0 aromatic carbocycles. The van der Waals surface area contributed by atoms with Crippen LogP contribution < -0.4 is 10.6 Å². The van der Waals surface area contributed by atoms with Crippen LogP contribution in [0.25, 0.3) is 11.2 Å². The van der Waals surface area contributed by atoms with Crippen LogP contribution in [0.1, 0.15) is 42.9 Å². The molecule has 0 unspecified atom stereocenters. The lowest BCUT2D eigenvalue weighted by Crippen LogP contribution is -2.30. The summed E-state index contributed by atoms with van der Waals surface area (Å²) in [6, 6.07) is 1.70. The van der Waals surface area contributed by atoms with Crippen LogP contribution in [0.15, 0.2) is 18.7 Å². The zero-order valence-electron chi connectivity index (χ0n) is 17.2. The summed E-state index contributed by atoms with van der Waals surface area (Å²) in [6.45, 7) is 8.59. The van der Waals surface area contributed by atoms with E-state index in [9.17, 15) is 14.4 Å². The van der Waals surface area contributed by atoms with Crippen molar-refractivity contribution in [2.45, 2.75) is 40.7 Å². The number of nitrogens with zero attached hydrogens (tertiary/aromatic N) is 3. The lowest BCUT2D eigenvalue weighted by molar-refractivity contribution is -0.124. The summed E-state index contributed by atoms with van der Waals surface area (Å²) in [5.41, 5.74) is 0.963. The molecule has 0 radical (unpaired) electrons. The van der Waals surface area contributed by atoms with E-state index in [4.69, 9.17) is 4.74 Å². The number of aromatic amines is 1. The molecule has 0 aliphatic heterocycles. The molecule has 30 heavy (non-hydrogen) atoms. The van der Waals surface area contributed by atoms with Gasteiger partial charge < -0.3 is 20.4 Å². The van der Waals surface area contributed by atoms with E-state index in [1.165, 1.54) is 19.6 Å². The van der Waals surface area contributed by atoms with Crippen molar-refractivity contribution < 1.29 is 19.1 Å². The molecule has 0 fully saturated rings. The zero-order chi connectivity index (χ0) is 22.1. The number of esters is 1. The Morgan fingerprint density at radius 3 is 2.60 bits per heavy atom. The molecule has 10 nitrogen and oxygen atoms in total. The number of nitrogens with one attached hydrogen (secondary N) is 3. The zero-order valence-corrected chi connectivity index (χ0v) is 18.0. The number of imidazole rings is 1. The smallest absolute Gasteiger partial charge is 0.349 e. The van der Waals surface area contributed by atoms with Crippen LogP contribution in [0.5, 0.6) is 0 Å². The molecule has 1 atom stereocenters. The molecule has 0 spiro atoms. The quantitative estimate of drug-likeness (QED) is 0.529. The minimum atomic E-state index is -1.07. The van der Waals surface area contributed by atoms with E-state index in [1.807, 2.05) is 0 Å². The normalized spacial score (nSPS) is 12.4. The van der Waals surface area contributed by atoms with E-state index in [-0.39, 0.29) is 11.7 Å². The van der Waals surface area contributed by atoms with Crippen LogP contribution in [0.4, 0.5) is 10.8 Å². The maximum Gasteiger partial charge on any atom is 0.349 e. The number of carbonyl (C=O) groups is 3. The summed E-state index contributed by atoms with van der Waals surface area (Å²) >= 11 is 1.10. The summed E-state index contributed by atoms with van der Waals surface area (Å²) in [5.74, 6) is -1.12. The first-order chi connectivity index (χ1) is 14.1. The SMILES string of the molecule is Cc1cc(NC(=O)C(C)(C)C)sc1C(=O)O[C@@H](C)C(=O)Nc1ncnc2nc[nH]c12. The van der Waals surface area contributed by atoms with E-state index in [2.05, 4.69) is 30.6 Å². The molecule has 11 heteroatoms. The van der Waals surface area contributed by atoms with Gasteiger partial charge in [-0.05, 0) is 25.5 Å². The Morgan fingerprint density at radius 2 is 1.90 bits per heavy atom. The van der Waals surface area contributed by atoms with Gasteiger partial charge in [0.15, 0.2) is 17.6 Å². The molecule has 3 rings (SSSR count). The van der Waals surface area contributed by atoms with Crippen LogP contribution in [0.2, 0.25) is 0 Å². The highest BCUT2D eigenvalue weighted by Crippen LogP contribution is 2.29. The van der Waals surface area contributed by atoms with Gasteiger partial charge in [-0.1, -0.05) is 20.8 Å². The third-order valence-corrected chi connectivity index (χ3v) is 5.27. The van der Waals surface area contributed by atoms with Crippen molar-refractivity contribution in [1.29, 1.82) is 0 Å². The fraction of sp³-hybridized carbons (Fsp3) is 0.368. The fourth-order valence-corrected chi connectivity index (χ4v) is 3.34. The molecule has 0 aliphatic rings. The number of carbonyl (C=O) groups excluding carboxylic acids is 3. The molecule has 3 aromatic rings. The number of hydrogen-bond acceptors (Lipinski definition) is 8. The number of thiophene rings is 1. The molecule has 2 amide bonds. The molecular weight excluding hydrogens is 408 g/mol. The first-order valence-corrected chi connectivity index (χ1v) is 9.95. The van der Waals surface area contributed by atoms with E-state index in [1.54, 1.807) is 33.8 Å². The second kappa shape index (κ2) is 8.19. The lowest BCUT2D eigenvalue weighted by Gasteiger charge is -2.16. The first kappa shape index (κ1) is 21.4. The summed E-state index contributed by atoms with van der Waals surface area (Å²) < 4.78 is 5.31. The summed E-state index contributed by atoms with van der Waals surface area (Å²) in [6.07, 6.45) is 1.64. The summed E-state index contributed by atoms with van der Waals surface area (Å²) in [5, 5.41) is 5.93. The molecule has 3 aromatic heterocycles. The van der Waals surface area contributed by atoms with Crippen LogP contribution in [0.3, 0.4) is 0 Å². The second-order valence-electron chi connectivity index (χ2n) is 7.69. The standard InChI is InChI=1S/C19H22N6O4S/c1-9-6-11(24-18(28)19(3,4)5)30-13(9)17(27)29-10(2)16(26)25-15-12-14(21-7-20-12)22-8-23-15/h6-8,10H,1-5H3,(H,24,28)(H2,20,21,22,23,25,26)/t10-/m0/s1. The van der Waals surface area contributed by atoms with Crippen LogP contribution in [-0.2, 0) is 14.3 Å². The van der Waals surface area contributed by atoms with Crippen LogP contribution in [0, 0.1) is 12.3 Å². The molecule has 3 heterocycles. The van der Waals surface area contributed by atoms with Crippen LogP contribution >= 0.6 is 11.3 Å².